The molecule has 0 spiro atoms. The van der Waals surface area contributed by atoms with Crippen LogP contribution < -0.4 is 0 Å². The standard InChI is InChI=1S/C17H24O3/c18-13-15-8-6-14(7-9-15)12-17(16(19)20)10-4-2-1-3-5-11-17/h6-9,18H,1-5,10-13H2,(H,19,20). The Morgan fingerprint density at radius 1 is 0.950 bits per heavy atom. The van der Waals surface area contributed by atoms with Crippen molar-refractivity contribution in [1.29, 1.82) is 0 Å². The molecule has 1 aliphatic rings. The number of aliphatic hydroxyl groups is 1. The van der Waals surface area contributed by atoms with Crippen molar-refractivity contribution in [3.05, 3.63) is 35.4 Å². The Morgan fingerprint density at radius 2 is 1.45 bits per heavy atom. The molecule has 1 aliphatic carbocycles. The molecule has 3 heteroatoms. The van der Waals surface area contributed by atoms with Gasteiger partial charge in [-0.3, -0.25) is 4.79 Å². The quantitative estimate of drug-likeness (QED) is 0.884. The number of benzene rings is 1. The minimum absolute atomic E-state index is 0.0321. The van der Waals surface area contributed by atoms with Crippen LogP contribution in [-0.2, 0) is 17.8 Å². The van der Waals surface area contributed by atoms with Gasteiger partial charge in [0.15, 0.2) is 0 Å². The van der Waals surface area contributed by atoms with E-state index in [1.165, 1.54) is 6.42 Å². The molecule has 0 atom stereocenters. The van der Waals surface area contributed by atoms with E-state index < -0.39 is 11.4 Å². The first kappa shape index (κ1) is 15.0. The molecular formula is C17H24O3. The van der Waals surface area contributed by atoms with Crippen molar-refractivity contribution in [3.63, 3.8) is 0 Å². The molecule has 0 heterocycles. The highest BCUT2D eigenvalue weighted by Crippen LogP contribution is 2.37. The average Bonchev–Trinajstić information content (AvgIpc) is 2.42. The zero-order valence-corrected chi connectivity index (χ0v) is 12.0. The Balaban J connectivity index is 2.15. The fraction of sp³-hybridized carbons (Fsp3) is 0.588. The average molecular weight is 276 g/mol. The summed E-state index contributed by atoms with van der Waals surface area (Å²) in [4.78, 5) is 11.8. The van der Waals surface area contributed by atoms with Gasteiger partial charge in [-0.1, -0.05) is 56.4 Å². The zero-order chi connectivity index (χ0) is 14.4. The van der Waals surface area contributed by atoms with Crippen molar-refractivity contribution in [3.8, 4) is 0 Å². The third-order valence-electron chi connectivity index (χ3n) is 4.51. The van der Waals surface area contributed by atoms with Gasteiger partial charge in [-0.05, 0) is 30.4 Å². The van der Waals surface area contributed by atoms with Crippen LogP contribution in [0.15, 0.2) is 24.3 Å². The lowest BCUT2D eigenvalue weighted by molar-refractivity contribution is -0.150. The van der Waals surface area contributed by atoms with Gasteiger partial charge in [-0.2, -0.15) is 0 Å². The van der Waals surface area contributed by atoms with Gasteiger partial charge >= 0.3 is 5.97 Å². The smallest absolute Gasteiger partial charge is 0.309 e. The van der Waals surface area contributed by atoms with Crippen molar-refractivity contribution in [2.45, 2.75) is 58.0 Å². The first-order chi connectivity index (χ1) is 9.66. The molecule has 3 nitrogen and oxygen atoms in total. The first-order valence-electron chi connectivity index (χ1n) is 7.58. The Labute approximate surface area is 120 Å². The van der Waals surface area contributed by atoms with Crippen LogP contribution in [0.1, 0.15) is 56.1 Å². The van der Waals surface area contributed by atoms with E-state index in [9.17, 15) is 9.90 Å². The Kier molecular flexibility index (Phi) is 5.18. The molecular weight excluding hydrogens is 252 g/mol. The second-order valence-corrected chi connectivity index (χ2v) is 6.00. The Bertz CT molecular complexity index is 428. The maximum atomic E-state index is 11.8. The molecule has 110 valence electrons. The van der Waals surface area contributed by atoms with Crippen molar-refractivity contribution in [2.75, 3.05) is 0 Å². The number of hydrogen-bond donors (Lipinski definition) is 2. The van der Waals surface area contributed by atoms with Crippen LogP contribution in [0.25, 0.3) is 0 Å². The fourth-order valence-electron chi connectivity index (χ4n) is 3.20. The number of aliphatic hydroxyl groups excluding tert-OH is 1. The van der Waals surface area contributed by atoms with E-state index in [4.69, 9.17) is 5.11 Å². The summed E-state index contributed by atoms with van der Waals surface area (Å²) >= 11 is 0. The SMILES string of the molecule is O=C(O)C1(Cc2ccc(CO)cc2)CCCCCCC1. The van der Waals surface area contributed by atoms with Crippen molar-refractivity contribution in [1.82, 2.24) is 0 Å². The molecule has 1 saturated carbocycles. The lowest BCUT2D eigenvalue weighted by Gasteiger charge is -2.31. The number of carboxylic acid groups (broad SMARTS) is 1. The second kappa shape index (κ2) is 6.89. The predicted octanol–water partition coefficient (Wildman–Crippen LogP) is 3.54. The maximum Gasteiger partial charge on any atom is 0.309 e. The summed E-state index contributed by atoms with van der Waals surface area (Å²) < 4.78 is 0. The molecule has 2 N–H and O–H groups in total. The van der Waals surface area contributed by atoms with Crippen molar-refractivity contribution >= 4 is 5.97 Å². The molecule has 20 heavy (non-hydrogen) atoms. The van der Waals surface area contributed by atoms with Crippen LogP contribution in [0.5, 0.6) is 0 Å². The number of rotatable bonds is 4. The van der Waals surface area contributed by atoms with Gasteiger partial charge in [0.2, 0.25) is 0 Å². The molecule has 1 aromatic rings. The number of aliphatic carboxylic acids is 1. The molecule has 1 aromatic carbocycles. The summed E-state index contributed by atoms with van der Waals surface area (Å²) in [5.74, 6) is -0.648. The van der Waals surface area contributed by atoms with Crippen LogP contribution in [0.3, 0.4) is 0 Å². The third-order valence-corrected chi connectivity index (χ3v) is 4.51. The number of hydrogen-bond acceptors (Lipinski definition) is 2. The first-order valence-corrected chi connectivity index (χ1v) is 7.58. The van der Waals surface area contributed by atoms with Crippen LogP contribution in [0.4, 0.5) is 0 Å². The molecule has 0 amide bonds. The highest BCUT2D eigenvalue weighted by Gasteiger charge is 2.38. The molecule has 0 saturated heterocycles. The lowest BCUT2D eigenvalue weighted by atomic mass is 9.72. The van der Waals surface area contributed by atoms with E-state index >= 15 is 0 Å². The van der Waals surface area contributed by atoms with Gasteiger partial charge in [-0.25, -0.2) is 0 Å². The zero-order valence-electron chi connectivity index (χ0n) is 12.0. The second-order valence-electron chi connectivity index (χ2n) is 6.00. The molecule has 1 fully saturated rings. The van der Waals surface area contributed by atoms with E-state index in [2.05, 4.69) is 0 Å². The monoisotopic (exact) mass is 276 g/mol. The van der Waals surface area contributed by atoms with Gasteiger partial charge < -0.3 is 10.2 Å². The Morgan fingerprint density at radius 3 is 1.95 bits per heavy atom. The van der Waals surface area contributed by atoms with Gasteiger partial charge in [0.25, 0.3) is 0 Å². The van der Waals surface area contributed by atoms with Crippen molar-refractivity contribution < 1.29 is 15.0 Å². The van der Waals surface area contributed by atoms with Gasteiger partial charge in [0.1, 0.15) is 0 Å². The summed E-state index contributed by atoms with van der Waals surface area (Å²) in [5.41, 5.74) is 1.34. The molecule has 0 bridgehead atoms. The number of carboxylic acids is 1. The van der Waals surface area contributed by atoms with Crippen LogP contribution in [-0.4, -0.2) is 16.2 Å². The van der Waals surface area contributed by atoms with Crippen LogP contribution in [0.2, 0.25) is 0 Å². The predicted molar refractivity (Wildman–Crippen MR) is 78.5 cm³/mol. The fourth-order valence-corrected chi connectivity index (χ4v) is 3.20. The van der Waals surface area contributed by atoms with Crippen LogP contribution in [0, 0.1) is 5.41 Å². The third kappa shape index (κ3) is 3.60. The number of carbonyl (C=O) groups is 1. The largest absolute Gasteiger partial charge is 0.481 e. The normalized spacial score (nSPS) is 19.1. The lowest BCUT2D eigenvalue weighted by Crippen LogP contribution is -2.34. The minimum atomic E-state index is -0.648. The highest BCUT2D eigenvalue weighted by molar-refractivity contribution is 5.75. The summed E-state index contributed by atoms with van der Waals surface area (Å²) in [6.45, 7) is 0.0321. The van der Waals surface area contributed by atoms with E-state index in [0.29, 0.717) is 6.42 Å². The van der Waals surface area contributed by atoms with Crippen LogP contribution >= 0.6 is 0 Å². The van der Waals surface area contributed by atoms with Gasteiger partial charge in [0, 0.05) is 0 Å². The summed E-state index contributed by atoms with van der Waals surface area (Å²) in [7, 11) is 0. The van der Waals surface area contributed by atoms with E-state index in [1.54, 1.807) is 0 Å². The van der Waals surface area contributed by atoms with Gasteiger partial charge in [0.05, 0.1) is 12.0 Å². The molecule has 0 aliphatic heterocycles. The molecule has 2 rings (SSSR count). The van der Waals surface area contributed by atoms with Crippen molar-refractivity contribution in [2.24, 2.45) is 5.41 Å². The van der Waals surface area contributed by atoms with E-state index in [1.807, 2.05) is 24.3 Å². The Hall–Kier alpha value is -1.35. The summed E-state index contributed by atoms with van der Waals surface area (Å²) in [5, 5.41) is 18.8. The van der Waals surface area contributed by atoms with E-state index in [0.717, 1.165) is 49.7 Å². The topological polar surface area (TPSA) is 57.5 Å². The summed E-state index contributed by atoms with van der Waals surface area (Å²) in [6.07, 6.45) is 7.74. The molecule has 0 aromatic heterocycles. The van der Waals surface area contributed by atoms with Gasteiger partial charge in [-0.15, -0.1) is 0 Å². The summed E-state index contributed by atoms with van der Waals surface area (Å²) in [6, 6.07) is 7.67. The highest BCUT2D eigenvalue weighted by atomic mass is 16.4. The minimum Gasteiger partial charge on any atom is -0.481 e. The maximum absolute atomic E-state index is 11.8. The molecule has 0 unspecified atom stereocenters. The molecule has 0 radical (unpaired) electrons. The van der Waals surface area contributed by atoms with E-state index in [-0.39, 0.29) is 6.61 Å².